The van der Waals surface area contributed by atoms with E-state index in [2.05, 4.69) is 75.2 Å². The predicted octanol–water partition coefficient (Wildman–Crippen LogP) is 5.91. The molecule has 3 nitrogen and oxygen atoms in total. The molecule has 0 amide bonds. The van der Waals surface area contributed by atoms with Gasteiger partial charge in [0, 0.05) is 28.1 Å². The maximum absolute atomic E-state index is 11.6. The molecule has 1 aromatic heterocycles. The molecule has 4 aromatic rings. The van der Waals surface area contributed by atoms with E-state index in [0.29, 0.717) is 5.56 Å². The van der Waals surface area contributed by atoms with Crippen LogP contribution in [0.2, 0.25) is 0 Å². The number of methoxy groups -OCH3 is 1. The Morgan fingerprint density at radius 2 is 1.74 bits per heavy atom. The van der Waals surface area contributed by atoms with Crippen LogP contribution in [0.25, 0.3) is 22.0 Å². The lowest BCUT2D eigenvalue weighted by Crippen LogP contribution is -2.00. The highest BCUT2D eigenvalue weighted by Crippen LogP contribution is 2.27. The van der Waals surface area contributed by atoms with Crippen LogP contribution in [0.3, 0.4) is 0 Å². The summed E-state index contributed by atoms with van der Waals surface area (Å²) in [5, 5.41) is 1.21. The Balaban J connectivity index is 1.63. The Kier molecular flexibility index (Phi) is 4.82. The molecule has 0 spiro atoms. The molecule has 3 aromatic carbocycles. The monoisotopic (exact) mass is 419 g/mol. The first-order valence-electron chi connectivity index (χ1n) is 8.67. The van der Waals surface area contributed by atoms with Gasteiger partial charge in [0.2, 0.25) is 0 Å². The van der Waals surface area contributed by atoms with Crippen LogP contribution in [0.15, 0.2) is 83.5 Å². The maximum atomic E-state index is 11.6. The molecule has 0 unspecified atom stereocenters. The van der Waals surface area contributed by atoms with Crippen LogP contribution in [0.5, 0.6) is 0 Å². The zero-order valence-corrected chi connectivity index (χ0v) is 16.4. The topological polar surface area (TPSA) is 31.2 Å². The molecule has 4 rings (SSSR count). The fourth-order valence-electron chi connectivity index (χ4n) is 3.30. The molecule has 0 N–H and O–H groups in total. The number of hydrogen-bond donors (Lipinski definition) is 0. The fourth-order valence-corrected chi connectivity index (χ4v) is 3.88. The second-order valence-corrected chi connectivity index (χ2v) is 7.25. The lowest BCUT2D eigenvalue weighted by Gasteiger charge is -2.09. The van der Waals surface area contributed by atoms with Crippen LogP contribution < -0.4 is 0 Å². The Morgan fingerprint density at radius 1 is 0.963 bits per heavy atom. The van der Waals surface area contributed by atoms with Gasteiger partial charge in [0.05, 0.1) is 12.7 Å². The van der Waals surface area contributed by atoms with Gasteiger partial charge in [0.1, 0.15) is 0 Å². The molecule has 0 aliphatic carbocycles. The highest BCUT2D eigenvalue weighted by Gasteiger charge is 2.08. The Bertz CT molecular complexity index is 1110. The summed E-state index contributed by atoms with van der Waals surface area (Å²) in [6.07, 6.45) is 2.13. The number of fused-ring (bicyclic) bond motifs is 1. The van der Waals surface area contributed by atoms with Crippen molar-refractivity contribution in [1.29, 1.82) is 0 Å². The number of nitrogens with zero attached hydrogens (tertiary/aromatic N) is 1. The first-order valence-corrected chi connectivity index (χ1v) is 9.46. The molecule has 1 heterocycles. The van der Waals surface area contributed by atoms with Crippen LogP contribution in [0, 0.1) is 0 Å². The van der Waals surface area contributed by atoms with Crippen LogP contribution in [-0.2, 0) is 11.3 Å². The molecular formula is C23H18BrNO2. The molecule has 0 radical (unpaired) electrons. The average Bonchev–Trinajstić information content (AvgIpc) is 3.03. The first-order chi connectivity index (χ1) is 13.2. The summed E-state index contributed by atoms with van der Waals surface area (Å²) in [6, 6.07) is 24.3. The minimum Gasteiger partial charge on any atom is -0.465 e. The summed E-state index contributed by atoms with van der Waals surface area (Å²) >= 11 is 3.65. The lowest BCUT2D eigenvalue weighted by atomic mass is 10.0. The Labute approximate surface area is 166 Å². The number of rotatable bonds is 4. The van der Waals surface area contributed by atoms with Crippen molar-refractivity contribution in [2.45, 2.75) is 6.54 Å². The number of para-hydroxylation sites is 1. The van der Waals surface area contributed by atoms with E-state index >= 15 is 0 Å². The van der Waals surface area contributed by atoms with Gasteiger partial charge < -0.3 is 9.30 Å². The zero-order chi connectivity index (χ0) is 18.8. The second-order valence-electron chi connectivity index (χ2n) is 6.39. The van der Waals surface area contributed by atoms with Gasteiger partial charge in [0.25, 0.3) is 0 Å². The van der Waals surface area contributed by atoms with Crippen molar-refractivity contribution in [2.75, 3.05) is 7.11 Å². The van der Waals surface area contributed by atoms with E-state index in [1.54, 1.807) is 12.1 Å². The standard InChI is InChI=1S/C23H18BrNO2/c1-27-23(26)18-11-9-17(10-12-18)19-6-4-5-16(13-19)14-25-15-21(24)20-7-2-3-8-22(20)25/h2-13,15H,14H2,1H3. The molecule has 0 saturated heterocycles. The van der Waals surface area contributed by atoms with Crippen molar-refractivity contribution in [3.63, 3.8) is 0 Å². The lowest BCUT2D eigenvalue weighted by molar-refractivity contribution is 0.0601. The van der Waals surface area contributed by atoms with Crippen LogP contribution in [0.4, 0.5) is 0 Å². The number of carbonyl (C=O) groups excluding carboxylic acids is 1. The molecule has 0 saturated carbocycles. The SMILES string of the molecule is COC(=O)c1ccc(-c2cccc(Cn3cc(Br)c4ccccc43)c2)cc1. The molecule has 0 atom stereocenters. The van der Waals surface area contributed by atoms with Crippen LogP contribution in [0.1, 0.15) is 15.9 Å². The quantitative estimate of drug-likeness (QED) is 0.385. The van der Waals surface area contributed by atoms with Crippen LogP contribution in [-0.4, -0.2) is 17.6 Å². The number of halogens is 1. The highest BCUT2D eigenvalue weighted by atomic mass is 79.9. The third kappa shape index (κ3) is 3.53. The molecule has 0 fully saturated rings. The van der Waals surface area contributed by atoms with E-state index in [-0.39, 0.29) is 5.97 Å². The molecule has 27 heavy (non-hydrogen) atoms. The van der Waals surface area contributed by atoms with Crippen molar-refractivity contribution in [1.82, 2.24) is 4.57 Å². The molecule has 134 valence electrons. The first kappa shape index (κ1) is 17.6. The minimum atomic E-state index is -0.319. The fraction of sp³-hybridized carbons (Fsp3) is 0.0870. The number of ether oxygens (including phenoxy) is 1. The van der Waals surface area contributed by atoms with Gasteiger partial charge in [-0.2, -0.15) is 0 Å². The van der Waals surface area contributed by atoms with Gasteiger partial charge in [-0.1, -0.05) is 48.5 Å². The van der Waals surface area contributed by atoms with Crippen molar-refractivity contribution < 1.29 is 9.53 Å². The highest BCUT2D eigenvalue weighted by molar-refractivity contribution is 9.10. The third-order valence-electron chi connectivity index (χ3n) is 4.66. The second kappa shape index (κ2) is 7.41. The van der Waals surface area contributed by atoms with Crippen molar-refractivity contribution in [3.8, 4) is 11.1 Å². The van der Waals surface area contributed by atoms with E-state index < -0.39 is 0 Å². The Morgan fingerprint density at radius 3 is 2.52 bits per heavy atom. The van der Waals surface area contributed by atoms with Crippen LogP contribution >= 0.6 is 15.9 Å². The number of carbonyl (C=O) groups is 1. The van der Waals surface area contributed by atoms with Gasteiger partial charge in [-0.05, 0) is 56.9 Å². The van der Waals surface area contributed by atoms with Gasteiger partial charge in [-0.3, -0.25) is 0 Å². The summed E-state index contributed by atoms with van der Waals surface area (Å²) in [5.41, 5.74) is 5.18. The van der Waals surface area contributed by atoms with E-state index in [1.165, 1.54) is 23.6 Å². The summed E-state index contributed by atoms with van der Waals surface area (Å²) in [5.74, 6) is -0.319. The molecule has 0 aliphatic rings. The summed E-state index contributed by atoms with van der Waals surface area (Å²) < 4.78 is 8.11. The van der Waals surface area contributed by atoms with E-state index in [1.807, 2.05) is 12.1 Å². The van der Waals surface area contributed by atoms with Crippen molar-refractivity contribution in [3.05, 3.63) is 94.6 Å². The zero-order valence-electron chi connectivity index (χ0n) is 14.9. The third-order valence-corrected chi connectivity index (χ3v) is 5.29. The van der Waals surface area contributed by atoms with E-state index in [9.17, 15) is 4.79 Å². The smallest absolute Gasteiger partial charge is 0.337 e. The van der Waals surface area contributed by atoms with Gasteiger partial charge >= 0.3 is 5.97 Å². The van der Waals surface area contributed by atoms with Crippen molar-refractivity contribution >= 4 is 32.8 Å². The number of aromatic nitrogens is 1. The molecule has 0 bridgehead atoms. The normalized spacial score (nSPS) is 10.9. The van der Waals surface area contributed by atoms with Gasteiger partial charge in [-0.25, -0.2) is 4.79 Å². The van der Waals surface area contributed by atoms with Crippen molar-refractivity contribution in [2.24, 2.45) is 0 Å². The van der Waals surface area contributed by atoms with E-state index in [4.69, 9.17) is 4.74 Å². The Hall–Kier alpha value is -2.85. The molecule has 4 heteroatoms. The van der Waals surface area contributed by atoms with Gasteiger partial charge in [-0.15, -0.1) is 0 Å². The number of hydrogen-bond acceptors (Lipinski definition) is 2. The average molecular weight is 420 g/mol. The summed E-state index contributed by atoms with van der Waals surface area (Å²) in [6.45, 7) is 0.792. The number of benzene rings is 3. The molecule has 0 aliphatic heterocycles. The van der Waals surface area contributed by atoms with Gasteiger partial charge in [0.15, 0.2) is 0 Å². The van der Waals surface area contributed by atoms with E-state index in [0.717, 1.165) is 22.1 Å². The largest absolute Gasteiger partial charge is 0.465 e. The predicted molar refractivity (Wildman–Crippen MR) is 112 cm³/mol. The summed E-state index contributed by atoms with van der Waals surface area (Å²) in [4.78, 5) is 11.6. The number of esters is 1. The minimum absolute atomic E-state index is 0.319. The molecular weight excluding hydrogens is 402 g/mol. The maximum Gasteiger partial charge on any atom is 0.337 e. The summed E-state index contributed by atoms with van der Waals surface area (Å²) in [7, 11) is 1.39.